The second-order valence-corrected chi connectivity index (χ2v) is 6.06. The summed E-state index contributed by atoms with van der Waals surface area (Å²) in [4.78, 5) is 15.9. The number of nitrogens with one attached hydrogen (secondary N) is 2. The molecule has 0 spiro atoms. The van der Waals surface area contributed by atoms with Crippen LogP contribution in [-0.2, 0) is 17.9 Å². The van der Waals surface area contributed by atoms with Gasteiger partial charge in [0.1, 0.15) is 11.4 Å². The summed E-state index contributed by atoms with van der Waals surface area (Å²) < 4.78 is 9.51. The van der Waals surface area contributed by atoms with Crippen LogP contribution in [0, 0.1) is 0 Å². The topological polar surface area (TPSA) is 86.0 Å². The lowest BCUT2D eigenvalue weighted by Gasteiger charge is -2.19. The molecule has 0 bridgehead atoms. The van der Waals surface area contributed by atoms with Crippen molar-refractivity contribution in [2.24, 2.45) is 0 Å². The first-order valence-corrected chi connectivity index (χ1v) is 8.16. The Balaban J connectivity index is 1.55. The fraction of sp³-hybridized carbons (Fsp3) is 0.235. The zero-order chi connectivity index (χ0) is 16.8. The molecule has 0 unspecified atom stereocenters. The van der Waals surface area contributed by atoms with Gasteiger partial charge in [-0.2, -0.15) is 5.10 Å². The van der Waals surface area contributed by atoms with E-state index in [2.05, 4.69) is 26.8 Å². The van der Waals surface area contributed by atoms with E-state index < -0.39 is 0 Å². The highest BCUT2D eigenvalue weighted by molar-refractivity contribution is 5.95. The van der Waals surface area contributed by atoms with Gasteiger partial charge in [0.2, 0.25) is 0 Å². The van der Waals surface area contributed by atoms with Gasteiger partial charge in [-0.15, -0.1) is 0 Å². The molecule has 0 aliphatic carbocycles. The van der Waals surface area contributed by atoms with Crippen LogP contribution in [0.1, 0.15) is 5.69 Å². The lowest BCUT2D eigenvalue weighted by Crippen LogP contribution is -2.28. The first-order chi connectivity index (χ1) is 12.3. The van der Waals surface area contributed by atoms with Gasteiger partial charge in [-0.3, -0.25) is 14.0 Å². The molecule has 3 aromatic rings. The number of carbonyl (C=O) groups is 1. The second-order valence-electron chi connectivity index (χ2n) is 6.06. The van der Waals surface area contributed by atoms with Crippen LogP contribution in [0.2, 0.25) is 0 Å². The molecule has 1 aromatic carbocycles. The SMILES string of the molecule is O=C1COc2cc(-n3ccnc3-c3cc4n(n3)CCNC4)ccc2N1. The number of hydrogen-bond donors (Lipinski definition) is 2. The van der Waals surface area contributed by atoms with Gasteiger partial charge >= 0.3 is 0 Å². The zero-order valence-electron chi connectivity index (χ0n) is 13.4. The van der Waals surface area contributed by atoms with E-state index in [9.17, 15) is 4.79 Å². The highest BCUT2D eigenvalue weighted by Gasteiger charge is 2.19. The second kappa shape index (κ2) is 5.45. The van der Waals surface area contributed by atoms with Crippen LogP contribution in [0.15, 0.2) is 36.7 Å². The van der Waals surface area contributed by atoms with Crippen molar-refractivity contribution in [3.63, 3.8) is 0 Å². The summed E-state index contributed by atoms with van der Waals surface area (Å²) in [6, 6.07) is 7.74. The number of ether oxygens (including phenoxy) is 1. The van der Waals surface area contributed by atoms with E-state index in [1.807, 2.05) is 33.6 Å². The van der Waals surface area contributed by atoms with Crippen molar-refractivity contribution >= 4 is 11.6 Å². The lowest BCUT2D eigenvalue weighted by atomic mass is 10.2. The van der Waals surface area contributed by atoms with Crippen molar-refractivity contribution in [2.75, 3.05) is 18.5 Å². The molecule has 2 aliphatic heterocycles. The Morgan fingerprint density at radius 3 is 3.12 bits per heavy atom. The number of benzene rings is 1. The van der Waals surface area contributed by atoms with Crippen LogP contribution in [0.25, 0.3) is 17.2 Å². The van der Waals surface area contributed by atoms with Gasteiger partial charge in [-0.05, 0) is 18.2 Å². The van der Waals surface area contributed by atoms with E-state index in [1.54, 1.807) is 6.20 Å². The fourth-order valence-electron chi connectivity index (χ4n) is 3.22. The molecule has 5 rings (SSSR count). The molecule has 25 heavy (non-hydrogen) atoms. The number of fused-ring (bicyclic) bond motifs is 2. The molecule has 126 valence electrons. The third kappa shape index (κ3) is 2.38. The Hall–Kier alpha value is -3.13. The highest BCUT2D eigenvalue weighted by Crippen LogP contribution is 2.31. The number of amides is 1. The van der Waals surface area contributed by atoms with Crippen molar-refractivity contribution in [2.45, 2.75) is 13.1 Å². The van der Waals surface area contributed by atoms with Crippen molar-refractivity contribution in [1.29, 1.82) is 0 Å². The Labute approximate surface area is 143 Å². The average Bonchev–Trinajstić information content (AvgIpc) is 3.27. The summed E-state index contributed by atoms with van der Waals surface area (Å²) in [5.74, 6) is 1.30. The molecule has 8 heteroatoms. The summed E-state index contributed by atoms with van der Waals surface area (Å²) in [6.07, 6.45) is 3.66. The van der Waals surface area contributed by atoms with Crippen LogP contribution in [0.3, 0.4) is 0 Å². The standard InChI is InChI=1S/C17H16N6O2/c24-16-10-25-15-8-11(1-2-13(15)20-16)22-5-4-19-17(22)14-7-12-9-18-3-6-23(12)21-14/h1-2,4-5,7-8,18H,3,6,9-10H2,(H,20,24). The summed E-state index contributed by atoms with van der Waals surface area (Å²) in [6.45, 7) is 2.65. The molecular formula is C17H16N6O2. The number of nitrogens with zero attached hydrogens (tertiary/aromatic N) is 4. The van der Waals surface area contributed by atoms with Crippen molar-refractivity contribution < 1.29 is 9.53 Å². The van der Waals surface area contributed by atoms with Gasteiger partial charge in [0.15, 0.2) is 12.4 Å². The maximum Gasteiger partial charge on any atom is 0.262 e. The monoisotopic (exact) mass is 336 g/mol. The van der Waals surface area contributed by atoms with E-state index >= 15 is 0 Å². The Morgan fingerprint density at radius 2 is 2.20 bits per heavy atom. The summed E-state index contributed by atoms with van der Waals surface area (Å²) in [7, 11) is 0. The summed E-state index contributed by atoms with van der Waals surface area (Å²) >= 11 is 0. The minimum atomic E-state index is -0.138. The summed E-state index contributed by atoms with van der Waals surface area (Å²) in [5.41, 5.74) is 3.60. The van der Waals surface area contributed by atoms with Gasteiger partial charge in [0.05, 0.1) is 23.6 Å². The molecular weight excluding hydrogens is 320 g/mol. The van der Waals surface area contributed by atoms with Gasteiger partial charge < -0.3 is 15.4 Å². The Kier molecular flexibility index (Phi) is 3.10. The molecule has 4 heterocycles. The molecule has 2 aromatic heterocycles. The quantitative estimate of drug-likeness (QED) is 0.734. The van der Waals surface area contributed by atoms with Crippen molar-refractivity contribution in [1.82, 2.24) is 24.6 Å². The Bertz CT molecular complexity index is 950. The van der Waals surface area contributed by atoms with E-state index in [0.29, 0.717) is 11.4 Å². The third-order valence-corrected chi connectivity index (χ3v) is 4.42. The summed E-state index contributed by atoms with van der Waals surface area (Å²) in [5, 5.41) is 10.8. The first kappa shape index (κ1) is 14.2. The van der Waals surface area contributed by atoms with E-state index in [4.69, 9.17) is 4.74 Å². The van der Waals surface area contributed by atoms with Gasteiger partial charge in [-0.1, -0.05) is 0 Å². The number of carbonyl (C=O) groups excluding carboxylic acids is 1. The van der Waals surface area contributed by atoms with E-state index in [0.717, 1.165) is 42.5 Å². The van der Waals surface area contributed by atoms with Gasteiger partial charge in [0, 0.05) is 31.5 Å². The predicted molar refractivity (Wildman–Crippen MR) is 90.6 cm³/mol. The number of imidazole rings is 1. The van der Waals surface area contributed by atoms with Crippen molar-refractivity contribution in [3.05, 3.63) is 42.4 Å². The van der Waals surface area contributed by atoms with Crippen molar-refractivity contribution in [3.8, 4) is 23.0 Å². The minimum Gasteiger partial charge on any atom is -0.482 e. The Morgan fingerprint density at radius 1 is 1.24 bits per heavy atom. The average molecular weight is 336 g/mol. The lowest BCUT2D eigenvalue weighted by molar-refractivity contribution is -0.118. The molecule has 2 aliphatic rings. The van der Waals surface area contributed by atoms with Crippen LogP contribution in [-0.4, -0.2) is 38.4 Å². The molecule has 8 nitrogen and oxygen atoms in total. The van der Waals surface area contributed by atoms with Crippen LogP contribution in [0.4, 0.5) is 5.69 Å². The predicted octanol–water partition coefficient (Wildman–Crippen LogP) is 1.17. The smallest absolute Gasteiger partial charge is 0.262 e. The van der Waals surface area contributed by atoms with E-state index in [-0.39, 0.29) is 12.5 Å². The molecule has 0 fully saturated rings. The molecule has 0 saturated carbocycles. The van der Waals surface area contributed by atoms with Gasteiger partial charge in [-0.25, -0.2) is 4.98 Å². The normalized spacial score (nSPS) is 15.9. The van der Waals surface area contributed by atoms with Gasteiger partial charge in [0.25, 0.3) is 5.91 Å². The maximum absolute atomic E-state index is 11.4. The molecule has 0 atom stereocenters. The number of aromatic nitrogens is 4. The van der Waals surface area contributed by atoms with E-state index in [1.165, 1.54) is 0 Å². The minimum absolute atomic E-state index is 0.0357. The van der Waals surface area contributed by atoms with Crippen LogP contribution in [0.5, 0.6) is 5.75 Å². The maximum atomic E-state index is 11.4. The molecule has 2 N–H and O–H groups in total. The van der Waals surface area contributed by atoms with Crippen LogP contribution < -0.4 is 15.4 Å². The fourth-order valence-corrected chi connectivity index (χ4v) is 3.22. The largest absolute Gasteiger partial charge is 0.482 e. The number of anilines is 1. The zero-order valence-corrected chi connectivity index (χ0v) is 13.4. The molecule has 0 radical (unpaired) electrons. The number of hydrogen-bond acceptors (Lipinski definition) is 5. The number of rotatable bonds is 2. The molecule has 0 saturated heterocycles. The third-order valence-electron chi connectivity index (χ3n) is 4.42. The molecule has 1 amide bonds. The van der Waals surface area contributed by atoms with Crippen LogP contribution >= 0.6 is 0 Å². The first-order valence-electron chi connectivity index (χ1n) is 8.16. The highest BCUT2D eigenvalue weighted by atomic mass is 16.5.